The molecule has 34 heavy (non-hydrogen) atoms. The van der Waals surface area contributed by atoms with Gasteiger partial charge in [0.05, 0.1) is 48.6 Å². The number of hydrogen-bond donors (Lipinski definition) is 1. The van der Waals surface area contributed by atoms with Crippen LogP contribution in [0.5, 0.6) is 0 Å². The maximum Gasteiger partial charge on any atom is 0.420 e. The van der Waals surface area contributed by atoms with Crippen molar-refractivity contribution in [3.63, 3.8) is 0 Å². The summed E-state index contributed by atoms with van der Waals surface area (Å²) in [5, 5.41) is 14.6. The van der Waals surface area contributed by atoms with Crippen LogP contribution in [0.25, 0.3) is 17.1 Å². The van der Waals surface area contributed by atoms with Gasteiger partial charge in [-0.2, -0.15) is 28.5 Å². The molecule has 1 N–H and O–H groups in total. The lowest BCUT2D eigenvalue weighted by molar-refractivity contribution is -0.137. The molecule has 0 saturated carbocycles. The van der Waals surface area contributed by atoms with E-state index in [1.807, 2.05) is 0 Å². The summed E-state index contributed by atoms with van der Waals surface area (Å²) in [5.74, 6) is -0.805. The lowest BCUT2D eigenvalue weighted by Crippen LogP contribution is -2.35. The fourth-order valence-corrected chi connectivity index (χ4v) is 3.75. The van der Waals surface area contributed by atoms with E-state index < -0.39 is 29.4 Å². The van der Waals surface area contributed by atoms with E-state index in [1.165, 1.54) is 41.6 Å². The molecule has 0 bridgehead atoms. The summed E-state index contributed by atoms with van der Waals surface area (Å²) in [6, 6.07) is 8.74. The zero-order valence-corrected chi connectivity index (χ0v) is 18.0. The Bertz CT molecular complexity index is 1340. The first-order valence-corrected chi connectivity index (χ1v) is 10.4. The van der Waals surface area contributed by atoms with Gasteiger partial charge in [-0.1, -0.05) is 41.9 Å². The number of pyridine rings is 1. The van der Waals surface area contributed by atoms with Gasteiger partial charge in [-0.15, -0.1) is 4.80 Å². The molecule has 1 amide bonds. The number of carbonyl (C=O) groups excluding carboxylic acids is 1. The average molecular weight is 490 g/mol. The Labute approximate surface area is 195 Å². The molecule has 1 aliphatic heterocycles. The maximum atomic E-state index is 14.3. The number of carbonyl (C=O) groups is 1. The SMILES string of the molecule is O=C(Nc1cnc(-n2nccn2)c(Cl)c1)c1c(C(F)(F)F)c(-c2ccccc2)nn1C1COC1. The highest BCUT2D eigenvalue weighted by Gasteiger charge is 2.44. The van der Waals surface area contributed by atoms with E-state index in [4.69, 9.17) is 16.3 Å². The Hall–Kier alpha value is -3.77. The number of hydrogen-bond acceptors (Lipinski definition) is 6. The van der Waals surface area contributed by atoms with Gasteiger partial charge in [0, 0.05) is 5.56 Å². The second-order valence-corrected chi connectivity index (χ2v) is 7.78. The molecule has 9 nitrogen and oxygen atoms in total. The summed E-state index contributed by atoms with van der Waals surface area (Å²) >= 11 is 6.22. The van der Waals surface area contributed by atoms with Crippen LogP contribution < -0.4 is 5.32 Å². The topological polar surface area (TPSA) is 99.8 Å². The van der Waals surface area contributed by atoms with Crippen molar-refractivity contribution in [3.8, 4) is 17.1 Å². The van der Waals surface area contributed by atoms with E-state index >= 15 is 0 Å². The second-order valence-electron chi connectivity index (χ2n) is 7.37. The van der Waals surface area contributed by atoms with Gasteiger partial charge >= 0.3 is 6.18 Å². The first-order valence-electron chi connectivity index (χ1n) is 9.99. The van der Waals surface area contributed by atoms with Crippen LogP contribution in [0.1, 0.15) is 22.1 Å². The Kier molecular flexibility index (Phi) is 5.54. The van der Waals surface area contributed by atoms with Gasteiger partial charge in [-0.3, -0.25) is 9.48 Å². The second kappa shape index (κ2) is 8.54. The van der Waals surface area contributed by atoms with Crippen LogP contribution in [0.2, 0.25) is 5.02 Å². The van der Waals surface area contributed by atoms with Gasteiger partial charge in [0.1, 0.15) is 17.0 Å². The van der Waals surface area contributed by atoms with Crippen LogP contribution in [-0.2, 0) is 10.9 Å². The summed E-state index contributed by atoms with van der Waals surface area (Å²) in [7, 11) is 0. The monoisotopic (exact) mass is 489 g/mol. The summed E-state index contributed by atoms with van der Waals surface area (Å²) in [5.41, 5.74) is -1.74. The van der Waals surface area contributed by atoms with E-state index in [0.29, 0.717) is 0 Å². The number of benzene rings is 1. The Morgan fingerprint density at radius 3 is 2.44 bits per heavy atom. The van der Waals surface area contributed by atoms with Gasteiger partial charge in [-0.05, 0) is 6.07 Å². The van der Waals surface area contributed by atoms with Crippen molar-refractivity contribution in [1.29, 1.82) is 0 Å². The van der Waals surface area contributed by atoms with E-state index in [9.17, 15) is 18.0 Å². The quantitative estimate of drug-likeness (QED) is 0.454. The normalized spacial score (nSPS) is 14.1. The number of nitrogens with one attached hydrogen (secondary N) is 1. The van der Waals surface area contributed by atoms with Crippen molar-refractivity contribution in [2.24, 2.45) is 0 Å². The summed E-state index contributed by atoms with van der Waals surface area (Å²) < 4.78 is 49.0. The predicted octanol–water partition coefficient (Wildman–Crippen LogP) is 4.02. The zero-order valence-electron chi connectivity index (χ0n) is 17.2. The van der Waals surface area contributed by atoms with Crippen LogP contribution in [0.15, 0.2) is 55.0 Å². The van der Waals surface area contributed by atoms with Crippen LogP contribution in [0.3, 0.4) is 0 Å². The number of halogens is 4. The number of ether oxygens (including phenoxy) is 1. The Morgan fingerprint density at radius 2 is 1.85 bits per heavy atom. The predicted molar refractivity (Wildman–Crippen MR) is 115 cm³/mol. The molecule has 1 saturated heterocycles. The van der Waals surface area contributed by atoms with Gasteiger partial charge in [0.2, 0.25) is 0 Å². The Balaban J connectivity index is 1.56. The summed E-state index contributed by atoms with van der Waals surface area (Å²) in [6.07, 6.45) is -0.725. The number of alkyl halides is 3. The third kappa shape index (κ3) is 4.01. The van der Waals surface area contributed by atoms with Gasteiger partial charge in [-0.25, -0.2) is 4.98 Å². The van der Waals surface area contributed by atoms with Crippen LogP contribution in [0, 0.1) is 0 Å². The third-order valence-electron chi connectivity index (χ3n) is 5.11. The minimum Gasteiger partial charge on any atom is -0.377 e. The van der Waals surface area contributed by atoms with Crippen molar-refractivity contribution in [1.82, 2.24) is 29.8 Å². The number of amides is 1. The molecule has 0 radical (unpaired) electrons. The maximum absolute atomic E-state index is 14.3. The number of rotatable bonds is 5. The fraction of sp³-hybridized carbons (Fsp3) is 0.190. The molecule has 1 fully saturated rings. The lowest BCUT2D eigenvalue weighted by atomic mass is 10.0. The molecule has 1 aliphatic rings. The standard InChI is InChI=1S/C21H15ClF3N7O2/c22-15-8-13(9-26-19(15)32-27-6-7-28-32)29-20(33)18-16(21(23,24)25)17(12-4-2-1-3-5-12)30-31(18)14-10-34-11-14/h1-9,14H,10-11H2,(H,29,33). The molecule has 4 aromatic rings. The summed E-state index contributed by atoms with van der Waals surface area (Å²) in [4.78, 5) is 18.5. The number of aromatic nitrogens is 6. The average Bonchev–Trinajstić information content (AvgIpc) is 3.41. The molecule has 5 rings (SSSR count). The largest absolute Gasteiger partial charge is 0.420 e. The van der Waals surface area contributed by atoms with Gasteiger partial charge in [0.25, 0.3) is 5.91 Å². The highest BCUT2D eigenvalue weighted by Crippen LogP contribution is 2.41. The van der Waals surface area contributed by atoms with E-state index in [-0.39, 0.29) is 41.0 Å². The molecular weight excluding hydrogens is 475 g/mol. The molecule has 0 spiro atoms. The number of anilines is 1. The van der Waals surface area contributed by atoms with Crippen molar-refractivity contribution < 1.29 is 22.7 Å². The minimum absolute atomic E-state index is 0.0934. The minimum atomic E-state index is -4.84. The number of nitrogens with zero attached hydrogens (tertiary/aromatic N) is 6. The van der Waals surface area contributed by atoms with Gasteiger partial charge < -0.3 is 10.1 Å². The van der Waals surface area contributed by atoms with E-state index in [0.717, 1.165) is 4.68 Å². The molecule has 1 aromatic carbocycles. The van der Waals surface area contributed by atoms with Crippen molar-refractivity contribution in [3.05, 3.63) is 71.3 Å². The van der Waals surface area contributed by atoms with Crippen LogP contribution >= 0.6 is 11.6 Å². The lowest BCUT2D eigenvalue weighted by Gasteiger charge is -2.27. The van der Waals surface area contributed by atoms with Crippen LogP contribution in [-0.4, -0.2) is 48.9 Å². The molecular formula is C21H15ClF3N7O2. The molecule has 0 unspecified atom stereocenters. The van der Waals surface area contributed by atoms with E-state index in [1.54, 1.807) is 18.2 Å². The fourth-order valence-electron chi connectivity index (χ4n) is 3.51. The molecule has 4 heterocycles. The van der Waals surface area contributed by atoms with Crippen molar-refractivity contribution in [2.75, 3.05) is 18.5 Å². The molecule has 174 valence electrons. The Morgan fingerprint density at radius 1 is 1.15 bits per heavy atom. The smallest absolute Gasteiger partial charge is 0.377 e. The molecule has 0 atom stereocenters. The summed E-state index contributed by atoms with van der Waals surface area (Å²) in [6.45, 7) is 0.291. The van der Waals surface area contributed by atoms with E-state index in [2.05, 4.69) is 25.6 Å². The molecule has 13 heteroatoms. The van der Waals surface area contributed by atoms with Crippen molar-refractivity contribution >= 4 is 23.2 Å². The first-order chi connectivity index (χ1) is 16.3. The molecule has 0 aliphatic carbocycles. The highest BCUT2D eigenvalue weighted by molar-refractivity contribution is 6.32. The van der Waals surface area contributed by atoms with Crippen molar-refractivity contribution in [2.45, 2.75) is 12.2 Å². The van der Waals surface area contributed by atoms with Gasteiger partial charge in [0.15, 0.2) is 5.82 Å². The zero-order chi connectivity index (χ0) is 23.9. The highest BCUT2D eigenvalue weighted by atomic mass is 35.5. The van der Waals surface area contributed by atoms with Crippen LogP contribution in [0.4, 0.5) is 18.9 Å². The first kappa shape index (κ1) is 22.0. The third-order valence-corrected chi connectivity index (χ3v) is 5.39. The molecule has 3 aromatic heterocycles.